The van der Waals surface area contributed by atoms with Gasteiger partial charge < -0.3 is 15.2 Å². The molecule has 0 aliphatic carbocycles. The van der Waals surface area contributed by atoms with Crippen LogP contribution in [0.25, 0.3) is 0 Å². The highest BCUT2D eigenvalue weighted by atomic mass is 16.6. The molecule has 0 aliphatic rings. The molecule has 4 nitrogen and oxygen atoms in total. The molecule has 0 saturated heterocycles. The maximum Gasteiger partial charge on any atom is 0.407 e. The number of rotatable bonds is 10. The van der Waals surface area contributed by atoms with E-state index in [0.29, 0.717) is 19.3 Å². The lowest BCUT2D eigenvalue weighted by molar-refractivity contribution is -0.0922. The molecule has 0 aliphatic heterocycles. The number of benzene rings is 1. The summed E-state index contributed by atoms with van der Waals surface area (Å²) < 4.78 is 5.79. The highest BCUT2D eigenvalue weighted by Crippen LogP contribution is 2.30. The highest BCUT2D eigenvalue weighted by molar-refractivity contribution is 5.68. The predicted octanol–water partition coefficient (Wildman–Crippen LogP) is 5.23. The van der Waals surface area contributed by atoms with E-state index in [4.69, 9.17) is 4.74 Å². The van der Waals surface area contributed by atoms with E-state index in [9.17, 15) is 9.90 Å². The number of nitrogens with one attached hydrogen (secondary N) is 1. The Hall–Kier alpha value is -1.55. The molecule has 2 N–H and O–H groups in total. The molecular formula is C22H37NO3. The third-order valence-electron chi connectivity index (χ3n) is 4.52. The normalized spacial score (nSPS) is 13.3. The molecule has 0 saturated carbocycles. The molecule has 1 amide bonds. The second kappa shape index (κ2) is 10.6. The van der Waals surface area contributed by atoms with Crippen molar-refractivity contribution in [2.75, 3.05) is 0 Å². The highest BCUT2D eigenvalue weighted by Gasteiger charge is 2.39. The molecule has 148 valence electrons. The molecule has 0 fully saturated rings. The molecule has 0 radical (unpaired) electrons. The number of alkyl carbamates (subject to hydrolysis) is 1. The maximum atomic E-state index is 12.4. The Morgan fingerprint density at radius 1 is 1.08 bits per heavy atom. The summed E-state index contributed by atoms with van der Waals surface area (Å²) in [6.07, 6.45) is 4.60. The Morgan fingerprint density at radius 2 is 1.62 bits per heavy atom. The fourth-order valence-electron chi connectivity index (χ4n) is 3.05. The monoisotopic (exact) mass is 363 g/mol. The van der Waals surface area contributed by atoms with Crippen LogP contribution in [0.3, 0.4) is 0 Å². The van der Waals surface area contributed by atoms with Gasteiger partial charge in [-0.3, -0.25) is 0 Å². The van der Waals surface area contributed by atoms with Gasteiger partial charge in [-0.25, -0.2) is 4.79 Å². The van der Waals surface area contributed by atoms with Gasteiger partial charge in [0, 0.05) is 12.0 Å². The van der Waals surface area contributed by atoms with Crippen LogP contribution in [0.15, 0.2) is 30.3 Å². The Labute approximate surface area is 159 Å². The summed E-state index contributed by atoms with van der Waals surface area (Å²) >= 11 is 0. The van der Waals surface area contributed by atoms with Crippen molar-refractivity contribution < 1.29 is 14.6 Å². The van der Waals surface area contributed by atoms with Crippen LogP contribution in [0.1, 0.15) is 78.7 Å². The van der Waals surface area contributed by atoms with Crippen LogP contribution in [0, 0.1) is 0 Å². The van der Waals surface area contributed by atoms with Crippen LogP contribution < -0.4 is 5.32 Å². The number of unbranched alkanes of at least 4 members (excludes halogenated alkanes) is 2. The van der Waals surface area contributed by atoms with Gasteiger partial charge >= 0.3 is 6.09 Å². The molecule has 26 heavy (non-hydrogen) atoms. The van der Waals surface area contributed by atoms with E-state index in [2.05, 4.69) is 19.2 Å². The van der Waals surface area contributed by atoms with Crippen LogP contribution in [0.5, 0.6) is 0 Å². The first-order chi connectivity index (χ1) is 12.2. The second-order valence-corrected chi connectivity index (χ2v) is 8.27. The van der Waals surface area contributed by atoms with Crippen molar-refractivity contribution in [3.63, 3.8) is 0 Å². The first kappa shape index (κ1) is 22.5. The number of aliphatic hydroxyl groups is 1. The minimum atomic E-state index is -1.00. The van der Waals surface area contributed by atoms with Crippen molar-refractivity contribution in [1.29, 1.82) is 0 Å². The minimum Gasteiger partial charge on any atom is -0.443 e. The van der Waals surface area contributed by atoms with Crippen molar-refractivity contribution >= 4 is 6.09 Å². The molecule has 1 atom stereocenters. The SMILES string of the molecule is CCCCC(O)(CCCC)[C@H](Cc1ccccc1)OC(=O)NC(C)(C)C. The summed E-state index contributed by atoms with van der Waals surface area (Å²) in [5.41, 5.74) is -0.316. The van der Waals surface area contributed by atoms with Crippen molar-refractivity contribution in [3.8, 4) is 0 Å². The maximum absolute atomic E-state index is 12.4. The third kappa shape index (κ3) is 8.22. The van der Waals surface area contributed by atoms with E-state index >= 15 is 0 Å². The molecule has 1 aromatic rings. The predicted molar refractivity (Wildman–Crippen MR) is 107 cm³/mol. The van der Waals surface area contributed by atoms with Gasteiger partial charge in [0.1, 0.15) is 11.7 Å². The van der Waals surface area contributed by atoms with Crippen molar-refractivity contribution in [2.24, 2.45) is 0 Å². The summed E-state index contributed by atoms with van der Waals surface area (Å²) in [6, 6.07) is 9.93. The molecule has 0 heterocycles. The molecule has 0 bridgehead atoms. The van der Waals surface area contributed by atoms with Gasteiger partial charge in [0.15, 0.2) is 0 Å². The summed E-state index contributed by atoms with van der Waals surface area (Å²) in [6.45, 7) is 9.97. The zero-order chi connectivity index (χ0) is 19.6. The van der Waals surface area contributed by atoms with Crippen molar-refractivity contribution in [3.05, 3.63) is 35.9 Å². The summed E-state index contributed by atoms with van der Waals surface area (Å²) in [5.74, 6) is 0. The smallest absolute Gasteiger partial charge is 0.407 e. The molecule has 4 heteroatoms. The number of amides is 1. The molecule has 0 unspecified atom stereocenters. The summed E-state index contributed by atoms with van der Waals surface area (Å²) in [4.78, 5) is 12.4. The van der Waals surface area contributed by atoms with Crippen LogP contribution in [-0.4, -0.2) is 28.4 Å². The zero-order valence-electron chi connectivity index (χ0n) is 17.2. The fourth-order valence-corrected chi connectivity index (χ4v) is 3.05. The average molecular weight is 364 g/mol. The lowest BCUT2D eigenvalue weighted by atomic mass is 9.83. The van der Waals surface area contributed by atoms with E-state index in [1.165, 1.54) is 0 Å². The van der Waals surface area contributed by atoms with Crippen LogP contribution in [0.4, 0.5) is 4.79 Å². The van der Waals surface area contributed by atoms with Gasteiger partial charge in [-0.05, 0) is 39.2 Å². The van der Waals surface area contributed by atoms with Crippen LogP contribution in [-0.2, 0) is 11.2 Å². The summed E-state index contributed by atoms with van der Waals surface area (Å²) in [5, 5.41) is 14.3. The number of ether oxygens (including phenoxy) is 1. The van der Waals surface area contributed by atoms with Crippen LogP contribution in [0.2, 0.25) is 0 Å². The van der Waals surface area contributed by atoms with Gasteiger partial charge in [-0.15, -0.1) is 0 Å². The Morgan fingerprint density at radius 3 is 2.08 bits per heavy atom. The third-order valence-corrected chi connectivity index (χ3v) is 4.52. The van der Waals surface area contributed by atoms with Gasteiger partial charge in [0.25, 0.3) is 0 Å². The lowest BCUT2D eigenvalue weighted by Crippen LogP contribution is -2.50. The first-order valence-corrected chi connectivity index (χ1v) is 9.95. The van der Waals surface area contributed by atoms with E-state index in [0.717, 1.165) is 31.2 Å². The van der Waals surface area contributed by atoms with E-state index in [-0.39, 0.29) is 5.54 Å². The largest absolute Gasteiger partial charge is 0.443 e. The number of carbonyl (C=O) groups excluding carboxylic acids is 1. The van der Waals surface area contributed by atoms with Crippen molar-refractivity contribution in [1.82, 2.24) is 5.32 Å². The molecule has 0 spiro atoms. The number of hydrogen-bond donors (Lipinski definition) is 2. The Kier molecular flexibility index (Phi) is 9.14. The zero-order valence-corrected chi connectivity index (χ0v) is 17.2. The van der Waals surface area contributed by atoms with E-state index in [1.54, 1.807) is 0 Å². The topological polar surface area (TPSA) is 58.6 Å². The quantitative estimate of drug-likeness (QED) is 0.598. The lowest BCUT2D eigenvalue weighted by Gasteiger charge is -2.37. The molecule has 1 aromatic carbocycles. The van der Waals surface area contributed by atoms with Gasteiger partial charge in [-0.2, -0.15) is 0 Å². The number of carbonyl (C=O) groups is 1. The van der Waals surface area contributed by atoms with Gasteiger partial charge in [0.2, 0.25) is 0 Å². The van der Waals surface area contributed by atoms with Crippen LogP contribution >= 0.6 is 0 Å². The summed E-state index contributed by atoms with van der Waals surface area (Å²) in [7, 11) is 0. The van der Waals surface area contributed by atoms with E-state index in [1.807, 2.05) is 51.1 Å². The molecule has 1 rings (SSSR count). The van der Waals surface area contributed by atoms with Gasteiger partial charge in [0.05, 0.1) is 0 Å². The van der Waals surface area contributed by atoms with E-state index < -0.39 is 17.8 Å². The molecule has 0 aromatic heterocycles. The first-order valence-electron chi connectivity index (χ1n) is 9.95. The molecular weight excluding hydrogens is 326 g/mol. The standard InChI is InChI=1S/C22H37NO3/c1-6-8-15-22(25,16-9-7-2)19(17-18-13-11-10-12-14-18)26-20(24)23-21(3,4)5/h10-14,19,25H,6-9,15-17H2,1-5H3,(H,23,24)/t19-/m0/s1. The Balaban J connectivity index is 3.02. The Bertz CT molecular complexity index is 514. The second-order valence-electron chi connectivity index (χ2n) is 8.27. The van der Waals surface area contributed by atoms with Crippen molar-refractivity contribution in [2.45, 2.75) is 96.8 Å². The fraction of sp³-hybridized carbons (Fsp3) is 0.682. The minimum absolute atomic E-state index is 0.376. The number of hydrogen-bond acceptors (Lipinski definition) is 3. The van der Waals surface area contributed by atoms with Gasteiger partial charge in [-0.1, -0.05) is 69.9 Å². The average Bonchev–Trinajstić information content (AvgIpc) is 2.57.